The molecule has 0 bridgehead atoms. The van der Waals surface area contributed by atoms with E-state index in [0.29, 0.717) is 11.3 Å². The van der Waals surface area contributed by atoms with E-state index < -0.39 is 5.97 Å². The fraction of sp³-hybridized carbons (Fsp3) is 0.385. The minimum absolute atomic E-state index is 0.0804. The van der Waals surface area contributed by atoms with Crippen LogP contribution in [0.2, 0.25) is 0 Å². The topological polar surface area (TPSA) is 83.9 Å². The first kappa shape index (κ1) is 12.0. The van der Waals surface area contributed by atoms with Gasteiger partial charge in [0.1, 0.15) is 11.6 Å². The van der Waals surface area contributed by atoms with Gasteiger partial charge in [0.15, 0.2) is 5.69 Å². The summed E-state index contributed by atoms with van der Waals surface area (Å²) in [5.41, 5.74) is 6.64. The van der Waals surface area contributed by atoms with Crippen LogP contribution in [0.25, 0.3) is 5.52 Å². The second kappa shape index (κ2) is 4.24. The first-order valence-electron chi connectivity index (χ1n) is 6.26. The molecule has 0 aromatic carbocycles. The molecule has 0 spiro atoms. The molecule has 1 saturated heterocycles. The minimum atomic E-state index is -1.01. The molecule has 3 N–H and O–H groups in total. The van der Waals surface area contributed by atoms with E-state index in [2.05, 4.69) is 16.9 Å². The lowest BCUT2D eigenvalue weighted by atomic mass is 10.1. The largest absolute Gasteiger partial charge is 0.476 e. The number of rotatable bonds is 2. The Morgan fingerprint density at radius 1 is 1.53 bits per heavy atom. The maximum Gasteiger partial charge on any atom is 0.356 e. The van der Waals surface area contributed by atoms with Crippen LogP contribution in [0.5, 0.6) is 0 Å². The molecule has 19 heavy (non-hydrogen) atoms. The molecular weight excluding hydrogens is 244 g/mol. The van der Waals surface area contributed by atoms with E-state index in [0.717, 1.165) is 25.3 Å². The molecule has 3 rings (SSSR count). The summed E-state index contributed by atoms with van der Waals surface area (Å²) in [7, 11) is 2.05. The summed E-state index contributed by atoms with van der Waals surface area (Å²) in [6.45, 7) is 1.88. The van der Waals surface area contributed by atoms with Gasteiger partial charge in [-0.2, -0.15) is 0 Å². The van der Waals surface area contributed by atoms with Crippen molar-refractivity contribution in [2.75, 3.05) is 25.9 Å². The van der Waals surface area contributed by atoms with Crippen molar-refractivity contribution in [2.24, 2.45) is 0 Å². The van der Waals surface area contributed by atoms with Gasteiger partial charge in [0.2, 0.25) is 0 Å². The molecule has 1 aliphatic rings. The molecule has 1 fully saturated rings. The Labute approximate surface area is 110 Å². The number of carbonyl (C=O) groups is 1. The summed E-state index contributed by atoms with van der Waals surface area (Å²) in [5.74, 6) is 0.507. The maximum atomic E-state index is 11.3. The van der Waals surface area contributed by atoms with Crippen molar-refractivity contribution in [1.82, 2.24) is 14.3 Å². The number of aromatic nitrogens is 2. The SMILES string of the molecule is CN1CCC(c2nc(C(=O)O)c3cccc(N)n23)C1. The fourth-order valence-electron chi connectivity index (χ4n) is 2.77. The first-order chi connectivity index (χ1) is 9.08. The number of anilines is 1. The Balaban J connectivity index is 2.21. The predicted octanol–water partition coefficient (Wildman–Crippen LogP) is 1.03. The number of carboxylic acid groups (broad SMARTS) is 1. The Morgan fingerprint density at radius 2 is 2.32 bits per heavy atom. The highest BCUT2D eigenvalue weighted by Gasteiger charge is 2.28. The van der Waals surface area contributed by atoms with E-state index in [1.807, 2.05) is 0 Å². The molecule has 1 unspecified atom stereocenters. The van der Waals surface area contributed by atoms with Crippen molar-refractivity contribution < 1.29 is 9.90 Å². The van der Waals surface area contributed by atoms with Crippen LogP contribution in [-0.2, 0) is 0 Å². The molecule has 0 saturated carbocycles. The third-order valence-electron chi connectivity index (χ3n) is 3.68. The molecule has 6 nitrogen and oxygen atoms in total. The van der Waals surface area contributed by atoms with Crippen molar-refractivity contribution in [2.45, 2.75) is 12.3 Å². The van der Waals surface area contributed by atoms with Gasteiger partial charge < -0.3 is 15.7 Å². The van der Waals surface area contributed by atoms with Crippen LogP contribution >= 0.6 is 0 Å². The van der Waals surface area contributed by atoms with Gasteiger partial charge in [-0.25, -0.2) is 9.78 Å². The summed E-state index contributed by atoms with van der Waals surface area (Å²) in [5, 5.41) is 9.25. The third kappa shape index (κ3) is 1.84. The predicted molar refractivity (Wildman–Crippen MR) is 71.4 cm³/mol. The van der Waals surface area contributed by atoms with Gasteiger partial charge in [0, 0.05) is 12.5 Å². The van der Waals surface area contributed by atoms with Gasteiger partial charge in [0.05, 0.1) is 5.52 Å². The standard InChI is InChI=1S/C13H16N4O2/c1-16-6-5-8(7-16)12-15-11(13(18)19)9-3-2-4-10(14)17(9)12/h2-4,8H,5-7,14H2,1H3,(H,18,19). The van der Waals surface area contributed by atoms with E-state index >= 15 is 0 Å². The minimum Gasteiger partial charge on any atom is -0.476 e. The number of fused-ring (bicyclic) bond motifs is 1. The molecule has 0 aliphatic carbocycles. The number of hydrogen-bond acceptors (Lipinski definition) is 4. The van der Waals surface area contributed by atoms with Crippen LogP contribution in [0.3, 0.4) is 0 Å². The van der Waals surface area contributed by atoms with Crippen LogP contribution in [0, 0.1) is 0 Å². The Kier molecular flexibility index (Phi) is 2.67. The van der Waals surface area contributed by atoms with E-state index in [4.69, 9.17) is 5.73 Å². The zero-order valence-electron chi connectivity index (χ0n) is 10.7. The lowest BCUT2D eigenvalue weighted by molar-refractivity contribution is 0.0693. The van der Waals surface area contributed by atoms with Crippen LogP contribution in [0.15, 0.2) is 18.2 Å². The average Bonchev–Trinajstić information content (AvgIpc) is 2.93. The van der Waals surface area contributed by atoms with Gasteiger partial charge >= 0.3 is 5.97 Å². The smallest absolute Gasteiger partial charge is 0.356 e. The van der Waals surface area contributed by atoms with Crippen LogP contribution in [0.1, 0.15) is 28.7 Å². The van der Waals surface area contributed by atoms with E-state index in [1.165, 1.54) is 0 Å². The summed E-state index contributed by atoms with van der Waals surface area (Å²) in [6, 6.07) is 5.26. The number of nitrogens with zero attached hydrogens (tertiary/aromatic N) is 3. The number of aromatic carboxylic acids is 1. The number of imidazole rings is 1. The van der Waals surface area contributed by atoms with Gasteiger partial charge in [-0.3, -0.25) is 4.40 Å². The van der Waals surface area contributed by atoms with Gasteiger partial charge in [-0.05, 0) is 32.1 Å². The number of likely N-dealkylation sites (N-methyl/N-ethyl adjacent to an activating group) is 1. The number of pyridine rings is 1. The van der Waals surface area contributed by atoms with E-state index in [9.17, 15) is 9.90 Å². The Bertz CT molecular complexity index is 649. The summed E-state index contributed by atoms with van der Waals surface area (Å²) < 4.78 is 1.77. The summed E-state index contributed by atoms with van der Waals surface area (Å²) in [6.07, 6.45) is 0.975. The van der Waals surface area contributed by atoms with Crippen molar-refractivity contribution in [3.05, 3.63) is 29.7 Å². The molecule has 0 radical (unpaired) electrons. The van der Waals surface area contributed by atoms with Crippen LogP contribution < -0.4 is 5.73 Å². The number of likely N-dealkylation sites (tertiary alicyclic amines) is 1. The fourth-order valence-corrected chi connectivity index (χ4v) is 2.77. The van der Waals surface area contributed by atoms with Crippen LogP contribution in [0.4, 0.5) is 5.82 Å². The molecule has 6 heteroatoms. The lowest BCUT2D eigenvalue weighted by Crippen LogP contribution is -2.15. The normalized spacial score (nSPS) is 20.2. The quantitative estimate of drug-likeness (QED) is 0.842. The van der Waals surface area contributed by atoms with Gasteiger partial charge in [-0.15, -0.1) is 0 Å². The van der Waals surface area contributed by atoms with Crippen molar-refractivity contribution in [3.63, 3.8) is 0 Å². The molecule has 2 aromatic rings. The Hall–Kier alpha value is -2.08. The van der Waals surface area contributed by atoms with E-state index in [-0.39, 0.29) is 11.6 Å². The van der Waals surface area contributed by atoms with Crippen molar-refractivity contribution in [3.8, 4) is 0 Å². The monoisotopic (exact) mass is 260 g/mol. The molecule has 0 amide bonds. The number of carboxylic acids is 1. The molecule has 3 heterocycles. The number of hydrogen-bond donors (Lipinski definition) is 2. The van der Waals surface area contributed by atoms with E-state index in [1.54, 1.807) is 22.6 Å². The second-order valence-corrected chi connectivity index (χ2v) is 5.04. The molecular formula is C13H16N4O2. The maximum absolute atomic E-state index is 11.3. The molecule has 100 valence electrons. The zero-order valence-corrected chi connectivity index (χ0v) is 10.7. The second-order valence-electron chi connectivity index (χ2n) is 5.04. The third-order valence-corrected chi connectivity index (χ3v) is 3.68. The van der Waals surface area contributed by atoms with Gasteiger partial charge in [-0.1, -0.05) is 6.07 Å². The number of nitrogens with two attached hydrogens (primary N) is 1. The summed E-state index contributed by atoms with van der Waals surface area (Å²) >= 11 is 0. The lowest BCUT2D eigenvalue weighted by Gasteiger charge is -2.10. The van der Waals surface area contributed by atoms with Crippen molar-refractivity contribution >= 4 is 17.3 Å². The van der Waals surface area contributed by atoms with Gasteiger partial charge in [0.25, 0.3) is 0 Å². The summed E-state index contributed by atoms with van der Waals surface area (Å²) in [4.78, 5) is 17.8. The van der Waals surface area contributed by atoms with Crippen molar-refractivity contribution in [1.29, 1.82) is 0 Å². The highest BCUT2D eigenvalue weighted by atomic mass is 16.4. The zero-order chi connectivity index (χ0) is 13.6. The van der Waals surface area contributed by atoms with Crippen LogP contribution in [-0.4, -0.2) is 45.5 Å². The number of nitrogen functional groups attached to an aromatic ring is 1. The Morgan fingerprint density at radius 3 is 2.95 bits per heavy atom. The first-order valence-corrected chi connectivity index (χ1v) is 6.26. The highest BCUT2D eigenvalue weighted by Crippen LogP contribution is 2.29. The molecule has 2 aromatic heterocycles. The molecule has 1 atom stereocenters. The highest BCUT2D eigenvalue weighted by molar-refractivity contribution is 5.94. The molecule has 1 aliphatic heterocycles. The average molecular weight is 260 g/mol.